The monoisotopic (exact) mass is 476 g/mol. The molecule has 0 unspecified atom stereocenters. The number of amidine groups is 1. The first kappa shape index (κ1) is 16.3. The van der Waals surface area contributed by atoms with Crippen molar-refractivity contribution in [2.75, 3.05) is 7.11 Å². The summed E-state index contributed by atoms with van der Waals surface area (Å²) < 4.78 is 13.4. The molecule has 2 aromatic rings. The Bertz CT molecular complexity index is 705. The van der Waals surface area contributed by atoms with Gasteiger partial charge in [0.1, 0.15) is 23.1 Å². The van der Waals surface area contributed by atoms with E-state index >= 15 is 0 Å². The second kappa shape index (κ2) is 6.81. The predicted octanol–water partition coefficient (Wildman–Crippen LogP) is 5.06. The number of hydrogen-bond acceptors (Lipinski definition) is 3. The van der Waals surface area contributed by atoms with E-state index < -0.39 is 0 Å². The van der Waals surface area contributed by atoms with Crippen LogP contribution in [0.3, 0.4) is 0 Å². The van der Waals surface area contributed by atoms with Gasteiger partial charge in [-0.1, -0.05) is 15.9 Å². The van der Waals surface area contributed by atoms with Crippen LogP contribution in [0.15, 0.2) is 43.7 Å². The number of ether oxygens (including phenoxy) is 2. The minimum absolute atomic E-state index is 0.0602. The molecule has 2 rings (SSSR count). The Balaban J connectivity index is 2.43. The molecular formula is C14H11Br3N2O2. The zero-order chi connectivity index (χ0) is 15.6. The second-order valence-electron chi connectivity index (χ2n) is 4.07. The maximum Gasteiger partial charge on any atom is 0.143 e. The highest BCUT2D eigenvalue weighted by Gasteiger charge is 2.13. The number of hydrogen-bond donors (Lipinski definition) is 2. The first-order valence-corrected chi connectivity index (χ1v) is 8.15. The van der Waals surface area contributed by atoms with E-state index in [1.165, 1.54) is 0 Å². The van der Waals surface area contributed by atoms with Crippen LogP contribution >= 0.6 is 47.8 Å². The van der Waals surface area contributed by atoms with Gasteiger partial charge in [-0.3, -0.25) is 5.41 Å². The topological polar surface area (TPSA) is 68.3 Å². The lowest BCUT2D eigenvalue weighted by Crippen LogP contribution is -2.12. The lowest BCUT2D eigenvalue weighted by molar-refractivity contribution is 0.409. The molecule has 3 N–H and O–H groups in total. The van der Waals surface area contributed by atoms with Crippen LogP contribution in [0.2, 0.25) is 0 Å². The van der Waals surface area contributed by atoms with Crippen molar-refractivity contribution < 1.29 is 9.47 Å². The molecule has 0 radical (unpaired) electrons. The largest absolute Gasteiger partial charge is 0.496 e. The SMILES string of the molecule is COc1cc(Br)c(Oc2ccc(Br)cc2C(=N)N)cc1Br. The molecule has 0 bridgehead atoms. The summed E-state index contributed by atoms with van der Waals surface area (Å²) in [5.74, 6) is 1.72. The Hall–Kier alpha value is -1.05. The van der Waals surface area contributed by atoms with E-state index in [9.17, 15) is 0 Å². The third-order valence-corrected chi connectivity index (χ3v) is 4.39. The van der Waals surface area contributed by atoms with Gasteiger partial charge in [-0.05, 0) is 62.2 Å². The maximum absolute atomic E-state index is 7.63. The molecule has 2 aromatic carbocycles. The van der Waals surface area contributed by atoms with Crippen LogP contribution in [-0.4, -0.2) is 12.9 Å². The Morgan fingerprint density at radius 1 is 1.00 bits per heavy atom. The number of methoxy groups -OCH3 is 1. The minimum Gasteiger partial charge on any atom is -0.496 e. The van der Waals surface area contributed by atoms with Gasteiger partial charge in [0, 0.05) is 4.47 Å². The lowest BCUT2D eigenvalue weighted by Gasteiger charge is -2.13. The quantitative estimate of drug-likeness (QED) is 0.477. The average molecular weight is 479 g/mol. The molecule has 0 spiro atoms. The molecule has 0 aliphatic heterocycles. The standard InChI is InChI=1S/C14H11Br3N2O2/c1-20-12-5-10(17)13(6-9(12)16)21-11-3-2-7(15)4-8(11)14(18)19/h2-6H,1H3,(H3,18,19). The van der Waals surface area contributed by atoms with Gasteiger partial charge in [0.15, 0.2) is 0 Å². The fraction of sp³-hybridized carbons (Fsp3) is 0.0714. The van der Waals surface area contributed by atoms with E-state index in [1.54, 1.807) is 31.4 Å². The highest BCUT2D eigenvalue weighted by molar-refractivity contribution is 9.11. The summed E-state index contributed by atoms with van der Waals surface area (Å²) in [4.78, 5) is 0. The number of nitrogen functional groups attached to an aromatic ring is 1. The van der Waals surface area contributed by atoms with Gasteiger partial charge in [-0.15, -0.1) is 0 Å². The Labute approximate surface area is 147 Å². The smallest absolute Gasteiger partial charge is 0.143 e. The maximum atomic E-state index is 7.63. The summed E-state index contributed by atoms with van der Waals surface area (Å²) in [5.41, 5.74) is 6.11. The Kier molecular flexibility index (Phi) is 5.29. The minimum atomic E-state index is -0.0602. The molecule has 0 saturated carbocycles. The number of halogens is 3. The van der Waals surface area contributed by atoms with Crippen LogP contribution in [0.1, 0.15) is 5.56 Å². The summed E-state index contributed by atoms with van der Waals surface area (Å²) in [5, 5.41) is 7.63. The molecule has 21 heavy (non-hydrogen) atoms. The van der Waals surface area contributed by atoms with E-state index in [4.69, 9.17) is 20.6 Å². The van der Waals surface area contributed by atoms with Crippen molar-refractivity contribution in [2.24, 2.45) is 5.73 Å². The first-order valence-electron chi connectivity index (χ1n) is 5.77. The molecule has 0 atom stereocenters. The number of nitrogens with one attached hydrogen (secondary N) is 1. The van der Waals surface area contributed by atoms with Crippen LogP contribution in [0.5, 0.6) is 17.2 Å². The van der Waals surface area contributed by atoms with Crippen LogP contribution in [-0.2, 0) is 0 Å². The molecule has 0 aliphatic rings. The van der Waals surface area contributed by atoms with Gasteiger partial charge in [-0.25, -0.2) is 0 Å². The number of rotatable bonds is 4. The number of benzene rings is 2. The highest BCUT2D eigenvalue weighted by Crippen LogP contribution is 2.39. The average Bonchev–Trinajstić information content (AvgIpc) is 2.44. The van der Waals surface area contributed by atoms with Crippen LogP contribution in [0.4, 0.5) is 0 Å². The molecule has 0 aliphatic carbocycles. The summed E-state index contributed by atoms with van der Waals surface area (Å²) in [6.45, 7) is 0. The summed E-state index contributed by atoms with van der Waals surface area (Å²) in [6.07, 6.45) is 0. The summed E-state index contributed by atoms with van der Waals surface area (Å²) in [6, 6.07) is 8.91. The second-order valence-corrected chi connectivity index (χ2v) is 6.70. The van der Waals surface area contributed by atoms with Crippen molar-refractivity contribution in [1.82, 2.24) is 0 Å². The van der Waals surface area contributed by atoms with Gasteiger partial charge >= 0.3 is 0 Å². The van der Waals surface area contributed by atoms with Crippen LogP contribution in [0, 0.1) is 5.41 Å². The molecule has 4 nitrogen and oxygen atoms in total. The van der Waals surface area contributed by atoms with Gasteiger partial charge < -0.3 is 15.2 Å². The lowest BCUT2D eigenvalue weighted by atomic mass is 10.2. The Morgan fingerprint density at radius 2 is 1.62 bits per heavy atom. The highest BCUT2D eigenvalue weighted by atomic mass is 79.9. The molecule has 0 amide bonds. The van der Waals surface area contributed by atoms with Crippen molar-refractivity contribution in [3.63, 3.8) is 0 Å². The molecule has 7 heteroatoms. The first-order chi connectivity index (χ1) is 9.92. The van der Waals surface area contributed by atoms with Crippen LogP contribution < -0.4 is 15.2 Å². The van der Waals surface area contributed by atoms with Crippen molar-refractivity contribution in [2.45, 2.75) is 0 Å². The van der Waals surface area contributed by atoms with Gasteiger partial charge in [0.05, 0.1) is 21.6 Å². The van der Waals surface area contributed by atoms with E-state index in [-0.39, 0.29) is 5.84 Å². The fourth-order valence-electron chi connectivity index (χ4n) is 1.67. The summed E-state index contributed by atoms with van der Waals surface area (Å²) >= 11 is 10.2. The van der Waals surface area contributed by atoms with E-state index in [0.29, 0.717) is 22.8 Å². The van der Waals surface area contributed by atoms with Gasteiger partial charge in [0.2, 0.25) is 0 Å². The van der Waals surface area contributed by atoms with Crippen molar-refractivity contribution in [3.05, 3.63) is 49.3 Å². The number of nitrogens with two attached hydrogens (primary N) is 1. The van der Waals surface area contributed by atoms with E-state index in [0.717, 1.165) is 13.4 Å². The molecule has 110 valence electrons. The molecule has 0 fully saturated rings. The third kappa shape index (κ3) is 3.78. The predicted molar refractivity (Wildman–Crippen MR) is 93.6 cm³/mol. The molecule has 0 saturated heterocycles. The van der Waals surface area contributed by atoms with Crippen LogP contribution in [0.25, 0.3) is 0 Å². The van der Waals surface area contributed by atoms with Crippen molar-refractivity contribution in [1.29, 1.82) is 5.41 Å². The van der Waals surface area contributed by atoms with Gasteiger partial charge in [0.25, 0.3) is 0 Å². The van der Waals surface area contributed by atoms with Gasteiger partial charge in [-0.2, -0.15) is 0 Å². The normalized spacial score (nSPS) is 10.3. The van der Waals surface area contributed by atoms with E-state index in [1.807, 2.05) is 6.07 Å². The third-order valence-electron chi connectivity index (χ3n) is 2.66. The zero-order valence-corrected chi connectivity index (χ0v) is 15.7. The zero-order valence-electron chi connectivity index (χ0n) is 10.9. The van der Waals surface area contributed by atoms with Crippen molar-refractivity contribution >= 4 is 53.6 Å². The van der Waals surface area contributed by atoms with Crippen molar-refractivity contribution in [3.8, 4) is 17.2 Å². The molecular weight excluding hydrogens is 468 g/mol. The fourth-order valence-corrected chi connectivity index (χ4v) is 2.91. The molecule has 0 aromatic heterocycles. The van der Waals surface area contributed by atoms with E-state index in [2.05, 4.69) is 47.8 Å². The molecule has 0 heterocycles. The summed E-state index contributed by atoms with van der Waals surface area (Å²) in [7, 11) is 1.59. The Morgan fingerprint density at radius 3 is 2.24 bits per heavy atom.